The predicted molar refractivity (Wildman–Crippen MR) is 151 cm³/mol. The molecular formula is C27H31F5N4O8S. The van der Waals surface area contributed by atoms with Gasteiger partial charge < -0.3 is 9.84 Å². The van der Waals surface area contributed by atoms with Gasteiger partial charge in [0.2, 0.25) is 0 Å². The number of likely N-dealkylation sites (N-methyl/N-ethyl adjacent to an activating group) is 1. The number of amides is 1. The smallest absolute Gasteiger partial charge is 0.475 e. The number of nitrogens with zero attached hydrogens (tertiary/aromatic N) is 3. The van der Waals surface area contributed by atoms with Crippen molar-refractivity contribution < 1.29 is 55.0 Å². The Hall–Kier alpha value is -4.00. The molecule has 0 saturated heterocycles. The van der Waals surface area contributed by atoms with Gasteiger partial charge in [0.05, 0.1) is 23.8 Å². The van der Waals surface area contributed by atoms with Gasteiger partial charge in [0.15, 0.2) is 14.6 Å². The SMILES string of the molecule is COCCN(C)Cc1ccc(-c2cc3ncn(CC[C@](C)(C(=O)NO)S(C)(=O)=O)c(=O)c3cc2F)c(F)c1.O=C(O)C(F)(F)F. The first kappa shape index (κ1) is 37.2. The number of hydroxylamine groups is 1. The molecule has 3 rings (SSSR count). The molecule has 0 unspecified atom stereocenters. The number of aryl methyl sites for hydroxylation is 1. The van der Waals surface area contributed by atoms with Crippen molar-refractivity contribution in [2.24, 2.45) is 0 Å². The Morgan fingerprint density at radius 1 is 1.11 bits per heavy atom. The summed E-state index contributed by atoms with van der Waals surface area (Å²) in [4.78, 5) is 40.0. The van der Waals surface area contributed by atoms with Crippen LogP contribution in [0.1, 0.15) is 18.9 Å². The first-order valence-electron chi connectivity index (χ1n) is 12.9. The zero-order valence-electron chi connectivity index (χ0n) is 24.5. The van der Waals surface area contributed by atoms with Crippen LogP contribution in [0.3, 0.4) is 0 Å². The Bertz CT molecular complexity index is 1720. The molecule has 45 heavy (non-hydrogen) atoms. The average Bonchev–Trinajstić information content (AvgIpc) is 2.94. The summed E-state index contributed by atoms with van der Waals surface area (Å²) < 4.78 is 90.2. The largest absolute Gasteiger partial charge is 0.490 e. The highest BCUT2D eigenvalue weighted by Crippen LogP contribution is 2.29. The Morgan fingerprint density at radius 3 is 2.22 bits per heavy atom. The van der Waals surface area contributed by atoms with Gasteiger partial charge in [-0.1, -0.05) is 12.1 Å². The normalized spacial score (nSPS) is 13.2. The first-order chi connectivity index (χ1) is 20.8. The summed E-state index contributed by atoms with van der Waals surface area (Å²) in [6.45, 7) is 2.53. The quantitative estimate of drug-likeness (QED) is 0.157. The van der Waals surface area contributed by atoms with Gasteiger partial charge >= 0.3 is 12.1 Å². The minimum absolute atomic E-state index is 0.0117. The molecular weight excluding hydrogens is 635 g/mol. The highest BCUT2D eigenvalue weighted by atomic mass is 32.2. The van der Waals surface area contributed by atoms with Gasteiger partial charge in [0, 0.05) is 44.1 Å². The van der Waals surface area contributed by atoms with E-state index in [2.05, 4.69) is 4.98 Å². The van der Waals surface area contributed by atoms with Gasteiger partial charge in [0.1, 0.15) is 11.6 Å². The van der Waals surface area contributed by atoms with Crippen molar-refractivity contribution in [3.8, 4) is 11.1 Å². The number of benzene rings is 2. The molecule has 248 valence electrons. The van der Waals surface area contributed by atoms with Crippen LogP contribution >= 0.6 is 0 Å². The van der Waals surface area contributed by atoms with E-state index in [1.54, 1.807) is 13.2 Å². The van der Waals surface area contributed by atoms with E-state index in [0.717, 1.165) is 30.1 Å². The van der Waals surface area contributed by atoms with Crippen LogP contribution in [0.2, 0.25) is 0 Å². The monoisotopic (exact) mass is 666 g/mol. The number of carboxylic acids is 1. The van der Waals surface area contributed by atoms with E-state index in [4.69, 9.17) is 19.8 Å². The van der Waals surface area contributed by atoms with E-state index in [1.807, 2.05) is 11.9 Å². The summed E-state index contributed by atoms with van der Waals surface area (Å²) in [7, 11) is -0.508. The summed E-state index contributed by atoms with van der Waals surface area (Å²) in [5.74, 6) is -5.37. The number of nitrogens with one attached hydrogen (secondary N) is 1. The molecule has 2 aromatic carbocycles. The fourth-order valence-electron chi connectivity index (χ4n) is 3.98. The van der Waals surface area contributed by atoms with Crippen molar-refractivity contribution >= 4 is 32.6 Å². The number of hydrogen-bond acceptors (Lipinski definition) is 9. The number of carbonyl (C=O) groups excluding carboxylic acids is 1. The second-order valence-electron chi connectivity index (χ2n) is 10.1. The maximum absolute atomic E-state index is 15.1. The van der Waals surface area contributed by atoms with E-state index in [-0.39, 0.29) is 35.0 Å². The number of halogens is 5. The highest BCUT2D eigenvalue weighted by Gasteiger charge is 2.43. The molecule has 12 nitrogen and oxygen atoms in total. The standard InChI is InChI=1S/C25H30F2N4O6S.C2HF3O2/c1-25(24(33)29-34,38(4,35)36)7-8-31-15-28-22-13-18(21(27)12-19(22)23(31)32)17-6-5-16(11-20(17)26)14-30(2)9-10-37-3;3-2(4,5)1(6)7/h5-6,11-13,15,34H,7-10,14H2,1-4H3,(H,29,33);(H,6,7)/t25-;/m1./s1. The molecule has 1 aromatic heterocycles. The molecule has 3 N–H and O–H groups in total. The molecule has 18 heteroatoms. The summed E-state index contributed by atoms with van der Waals surface area (Å²) in [5.41, 5.74) is 1.43. The second kappa shape index (κ2) is 14.9. The fourth-order valence-corrected chi connectivity index (χ4v) is 4.82. The van der Waals surface area contributed by atoms with Crippen LogP contribution in [0.25, 0.3) is 22.0 Å². The molecule has 0 saturated carbocycles. The lowest BCUT2D eigenvalue weighted by atomic mass is 10.0. The van der Waals surface area contributed by atoms with Gasteiger partial charge in [-0.2, -0.15) is 13.2 Å². The third-order valence-electron chi connectivity index (χ3n) is 6.84. The van der Waals surface area contributed by atoms with Crippen molar-refractivity contribution in [3.63, 3.8) is 0 Å². The van der Waals surface area contributed by atoms with Crippen molar-refractivity contribution in [2.75, 3.05) is 33.6 Å². The number of alkyl halides is 3. The number of sulfone groups is 1. The van der Waals surface area contributed by atoms with Crippen LogP contribution in [0, 0.1) is 11.6 Å². The molecule has 0 aliphatic rings. The average molecular weight is 667 g/mol. The molecule has 0 fully saturated rings. The molecule has 0 aliphatic heterocycles. The number of ether oxygens (including phenoxy) is 1. The number of aliphatic carboxylic acids is 1. The molecule has 0 aliphatic carbocycles. The molecule has 1 heterocycles. The van der Waals surface area contributed by atoms with Crippen molar-refractivity contribution in [2.45, 2.75) is 37.4 Å². The summed E-state index contributed by atoms with van der Waals surface area (Å²) >= 11 is 0. The fraction of sp³-hybridized carbons (Fsp3) is 0.407. The Kier molecular flexibility index (Phi) is 12.3. The molecule has 3 aromatic rings. The van der Waals surface area contributed by atoms with E-state index >= 15 is 4.39 Å². The van der Waals surface area contributed by atoms with Crippen LogP contribution in [-0.2, 0) is 37.3 Å². The third-order valence-corrected chi connectivity index (χ3v) is 8.86. The van der Waals surface area contributed by atoms with Gasteiger partial charge in [-0.25, -0.2) is 32.5 Å². The molecule has 1 amide bonds. The highest BCUT2D eigenvalue weighted by molar-refractivity contribution is 7.92. The number of carbonyl (C=O) groups is 2. The number of carboxylic acid groups (broad SMARTS) is 1. The molecule has 0 spiro atoms. The van der Waals surface area contributed by atoms with Crippen LogP contribution in [0.4, 0.5) is 22.0 Å². The Labute approximate surface area is 253 Å². The van der Waals surface area contributed by atoms with Crippen molar-refractivity contribution in [1.82, 2.24) is 19.9 Å². The first-order valence-corrected chi connectivity index (χ1v) is 14.7. The van der Waals surface area contributed by atoms with E-state index in [1.165, 1.54) is 23.7 Å². The van der Waals surface area contributed by atoms with E-state index in [9.17, 15) is 35.6 Å². The van der Waals surface area contributed by atoms with Crippen LogP contribution in [0.5, 0.6) is 0 Å². The summed E-state index contributed by atoms with van der Waals surface area (Å²) in [5, 5.41) is 16.0. The molecule has 0 bridgehead atoms. The lowest BCUT2D eigenvalue weighted by Crippen LogP contribution is -2.50. The van der Waals surface area contributed by atoms with E-state index < -0.39 is 49.8 Å². The van der Waals surface area contributed by atoms with Crippen molar-refractivity contribution in [3.05, 3.63) is 64.2 Å². The minimum atomic E-state index is -5.08. The predicted octanol–water partition coefficient (Wildman–Crippen LogP) is 2.75. The maximum atomic E-state index is 15.1. The number of methoxy groups -OCH3 is 1. The van der Waals surface area contributed by atoms with Crippen molar-refractivity contribution in [1.29, 1.82) is 0 Å². The van der Waals surface area contributed by atoms with Crippen LogP contribution in [-0.4, -0.2) is 89.5 Å². The Balaban J connectivity index is 0.000000900. The number of fused-ring (bicyclic) bond motifs is 1. The van der Waals surface area contributed by atoms with E-state index in [0.29, 0.717) is 25.3 Å². The molecule has 0 radical (unpaired) electrons. The summed E-state index contributed by atoms with van der Waals surface area (Å²) in [6.07, 6.45) is -3.46. The third kappa shape index (κ3) is 9.25. The van der Waals surface area contributed by atoms with Gasteiger partial charge in [-0.3, -0.25) is 24.3 Å². The maximum Gasteiger partial charge on any atom is 0.490 e. The van der Waals surface area contributed by atoms with Gasteiger partial charge in [-0.05, 0) is 44.2 Å². The van der Waals surface area contributed by atoms with Gasteiger partial charge in [-0.15, -0.1) is 0 Å². The topological polar surface area (TPSA) is 168 Å². The zero-order chi connectivity index (χ0) is 34.3. The number of aromatic nitrogens is 2. The lowest BCUT2D eigenvalue weighted by Gasteiger charge is -2.25. The van der Waals surface area contributed by atoms with Crippen LogP contribution in [0.15, 0.2) is 41.5 Å². The summed E-state index contributed by atoms with van der Waals surface area (Å²) in [6, 6.07) is 6.73. The minimum Gasteiger partial charge on any atom is -0.475 e. The Morgan fingerprint density at radius 2 is 1.71 bits per heavy atom. The van der Waals surface area contributed by atoms with Crippen LogP contribution < -0.4 is 11.0 Å². The lowest BCUT2D eigenvalue weighted by molar-refractivity contribution is -0.192. The number of rotatable bonds is 11. The zero-order valence-corrected chi connectivity index (χ0v) is 25.3. The molecule has 1 atom stereocenters. The number of hydrogen-bond donors (Lipinski definition) is 3. The second-order valence-corrected chi connectivity index (χ2v) is 12.6. The van der Waals surface area contributed by atoms with Gasteiger partial charge in [0.25, 0.3) is 11.5 Å².